The molecule has 0 unspecified atom stereocenters. The third-order valence-electron chi connectivity index (χ3n) is 12.6. The van der Waals surface area contributed by atoms with Gasteiger partial charge in [0.1, 0.15) is 0 Å². The van der Waals surface area contributed by atoms with E-state index in [1.165, 1.54) is 176 Å². The number of rotatable bonds is 32. The summed E-state index contributed by atoms with van der Waals surface area (Å²) >= 11 is 0. The Morgan fingerprint density at radius 1 is 0.321 bits per heavy atom. The normalized spacial score (nSPS) is 13.2. The molecule has 314 valence electrons. The first-order chi connectivity index (χ1) is 27.4. The number of aryl methyl sites for hydroxylation is 4. The fourth-order valence-corrected chi connectivity index (χ4v) is 9.17. The van der Waals surface area contributed by atoms with E-state index in [2.05, 4.69) is 79.7 Å². The van der Waals surface area contributed by atoms with E-state index in [4.69, 9.17) is 0 Å². The molecule has 0 aliphatic carbocycles. The Morgan fingerprint density at radius 2 is 0.589 bits per heavy atom. The molecular weight excluding hydrogens is 677 g/mol. The van der Waals surface area contributed by atoms with Crippen LogP contribution < -0.4 is 0 Å². The quantitative estimate of drug-likeness (QED) is 0.0524. The van der Waals surface area contributed by atoms with Crippen molar-refractivity contribution in [2.45, 2.75) is 248 Å². The van der Waals surface area contributed by atoms with E-state index < -0.39 is 0 Å². The first kappa shape index (κ1) is 47.9. The van der Waals surface area contributed by atoms with Crippen LogP contribution in [0.25, 0.3) is 16.9 Å². The molecule has 0 aromatic heterocycles. The average molecular weight is 765 g/mol. The van der Waals surface area contributed by atoms with E-state index in [9.17, 15) is 5.53 Å². The second kappa shape index (κ2) is 28.0. The van der Waals surface area contributed by atoms with Crippen LogP contribution in [-0.2, 0) is 38.5 Å². The zero-order valence-corrected chi connectivity index (χ0v) is 38.4. The molecule has 2 nitrogen and oxygen atoms in total. The summed E-state index contributed by atoms with van der Waals surface area (Å²) in [6.07, 6.45) is 36.4. The summed E-state index contributed by atoms with van der Waals surface area (Å²) < 4.78 is 1.74. The van der Waals surface area contributed by atoms with Crippen LogP contribution in [0, 0.1) is 0 Å². The molecule has 0 bridgehead atoms. The second-order valence-corrected chi connectivity index (χ2v) is 17.5. The van der Waals surface area contributed by atoms with E-state index in [0.717, 1.165) is 49.9 Å². The number of hydrogen-bond donors (Lipinski definition) is 0. The van der Waals surface area contributed by atoms with Crippen LogP contribution in [0.2, 0.25) is 0 Å². The summed E-state index contributed by atoms with van der Waals surface area (Å²) in [5, 5.41) is 0. The molecule has 0 N–H and O–H groups in total. The van der Waals surface area contributed by atoms with Gasteiger partial charge < -0.3 is 5.53 Å². The van der Waals surface area contributed by atoms with Crippen LogP contribution in [0.15, 0.2) is 35.4 Å². The van der Waals surface area contributed by atoms with Crippen molar-refractivity contribution in [3.05, 3.63) is 85.5 Å². The Balaban J connectivity index is 2.36. The van der Waals surface area contributed by atoms with Crippen LogP contribution in [-0.4, -0.2) is 4.70 Å². The molecule has 0 atom stereocenters. The fourth-order valence-electron chi connectivity index (χ4n) is 9.17. The van der Waals surface area contributed by atoms with Crippen molar-refractivity contribution in [2.24, 2.45) is 0 Å². The van der Waals surface area contributed by atoms with Crippen molar-refractivity contribution < 1.29 is 4.70 Å². The lowest BCUT2D eigenvalue weighted by atomic mass is 9.86. The highest BCUT2D eigenvalue weighted by atomic mass is 15.2. The zero-order valence-electron chi connectivity index (χ0n) is 38.4. The largest absolute Gasteiger partial charge is 0.493 e. The van der Waals surface area contributed by atoms with Gasteiger partial charge in [0.15, 0.2) is 0 Å². The summed E-state index contributed by atoms with van der Waals surface area (Å²) in [7, 11) is 0. The van der Waals surface area contributed by atoms with Gasteiger partial charge in [0.05, 0.1) is 0 Å². The number of allylic oxidation sites excluding steroid dienone is 2. The van der Waals surface area contributed by atoms with Crippen molar-refractivity contribution in [3.8, 4) is 0 Å². The molecule has 0 saturated heterocycles. The molecule has 2 aromatic carbocycles. The molecule has 2 aromatic rings. The third-order valence-corrected chi connectivity index (χ3v) is 12.6. The van der Waals surface area contributed by atoms with Crippen LogP contribution in [0.3, 0.4) is 0 Å². The Morgan fingerprint density at radius 3 is 0.911 bits per heavy atom. The summed E-state index contributed by atoms with van der Waals surface area (Å²) in [5.74, 6) is 0. The molecule has 3 rings (SSSR count). The van der Waals surface area contributed by atoms with Gasteiger partial charge in [0.2, 0.25) is 11.4 Å². The van der Waals surface area contributed by atoms with Crippen molar-refractivity contribution in [2.75, 3.05) is 0 Å². The molecule has 0 fully saturated rings. The van der Waals surface area contributed by atoms with Gasteiger partial charge in [0.25, 0.3) is 0 Å². The van der Waals surface area contributed by atoms with E-state index in [1.807, 2.05) is 0 Å². The first-order valence-electron chi connectivity index (χ1n) is 24.7. The highest BCUT2D eigenvalue weighted by Crippen LogP contribution is 2.46. The van der Waals surface area contributed by atoms with Gasteiger partial charge in [-0.3, -0.25) is 0 Å². The van der Waals surface area contributed by atoms with E-state index in [-0.39, 0.29) is 0 Å². The summed E-state index contributed by atoms with van der Waals surface area (Å²) in [4.78, 5) is 0. The van der Waals surface area contributed by atoms with Crippen LogP contribution in [0.4, 0.5) is 0 Å². The molecule has 0 saturated carbocycles. The number of nitrogens with zero attached hydrogens (tertiary/aromatic N) is 2. The fraction of sp³-hybridized carbons (Fsp3) is 0.704. The van der Waals surface area contributed by atoms with Crippen LogP contribution in [0.5, 0.6) is 0 Å². The van der Waals surface area contributed by atoms with Gasteiger partial charge in [-0.2, -0.15) is 0 Å². The maximum Gasteiger partial charge on any atom is 0.211 e. The van der Waals surface area contributed by atoms with Gasteiger partial charge in [0, 0.05) is 22.3 Å². The molecular formula is C54H88N2. The minimum absolute atomic E-state index is 1.05. The van der Waals surface area contributed by atoms with Gasteiger partial charge in [-0.15, -0.1) is 0 Å². The standard InChI is InChI=1S/C54H88N2/c1-9-17-25-27-28-30-38-52-51(37-29-26-18-10-2)53(47-39-43(31-19-11-3)49(35-23-15-7)44(40-47)32-20-12-4)56(55)54(52)48-41-45(33-21-13-5)50(36-24-16-8)46(42-48)34-22-14-6/h39-42H,9-38H2,1-8H3. The van der Waals surface area contributed by atoms with E-state index in [1.54, 1.807) is 38.1 Å². The van der Waals surface area contributed by atoms with Crippen molar-refractivity contribution in [1.29, 1.82) is 0 Å². The minimum Gasteiger partial charge on any atom is -0.493 e. The lowest BCUT2D eigenvalue weighted by molar-refractivity contribution is -0.345. The Kier molecular flexibility index (Phi) is 24.0. The smallest absolute Gasteiger partial charge is 0.211 e. The molecule has 1 aliphatic heterocycles. The van der Waals surface area contributed by atoms with Crippen molar-refractivity contribution >= 4 is 11.4 Å². The van der Waals surface area contributed by atoms with Gasteiger partial charge in [-0.05, 0) is 160 Å². The van der Waals surface area contributed by atoms with Gasteiger partial charge in [-0.1, -0.05) is 145 Å². The minimum atomic E-state index is 1.05. The Labute approximate surface area is 348 Å². The maximum absolute atomic E-state index is 13.0. The van der Waals surface area contributed by atoms with Gasteiger partial charge >= 0.3 is 0 Å². The predicted octanol–water partition coefficient (Wildman–Crippen LogP) is 17.6. The summed E-state index contributed by atoms with van der Waals surface area (Å²) in [6.45, 7) is 18.6. The third kappa shape index (κ3) is 14.4. The van der Waals surface area contributed by atoms with Crippen LogP contribution in [0.1, 0.15) is 254 Å². The van der Waals surface area contributed by atoms with Gasteiger partial charge in [-0.25, -0.2) is 4.70 Å². The molecule has 0 amide bonds. The number of unbranched alkanes of at least 4 members (excludes halogenated alkanes) is 14. The number of benzene rings is 2. The maximum atomic E-state index is 13.0. The Hall–Kier alpha value is -2.48. The summed E-state index contributed by atoms with van der Waals surface area (Å²) in [5.41, 5.74) is 30.0. The SMILES string of the molecule is CCCCCCCCC1=C(c2cc(CCCC)c(CCCC)c(CCCC)c2)[N+](=[N-])C(c2cc(CCCC)c(CCCC)c(CCCC)c2)=C1CCCCCC. The number of hydrogen-bond acceptors (Lipinski definition) is 0. The summed E-state index contributed by atoms with van der Waals surface area (Å²) in [6, 6.07) is 10.2. The molecule has 1 heterocycles. The molecule has 56 heavy (non-hydrogen) atoms. The van der Waals surface area contributed by atoms with Crippen LogP contribution >= 0.6 is 0 Å². The zero-order chi connectivity index (χ0) is 40.5. The highest BCUT2D eigenvalue weighted by molar-refractivity contribution is 5.83. The van der Waals surface area contributed by atoms with Crippen molar-refractivity contribution in [3.63, 3.8) is 0 Å². The molecule has 0 radical (unpaired) electrons. The Bertz CT molecular complexity index is 1440. The predicted molar refractivity (Wildman–Crippen MR) is 249 cm³/mol. The average Bonchev–Trinajstić information content (AvgIpc) is 3.48. The topological polar surface area (TPSA) is 25.3 Å². The van der Waals surface area contributed by atoms with E-state index in [0.29, 0.717) is 0 Å². The van der Waals surface area contributed by atoms with Crippen molar-refractivity contribution in [1.82, 2.24) is 0 Å². The van der Waals surface area contributed by atoms with E-state index >= 15 is 0 Å². The molecule has 2 heteroatoms. The molecule has 0 spiro atoms. The first-order valence-corrected chi connectivity index (χ1v) is 24.7. The highest BCUT2D eigenvalue weighted by Gasteiger charge is 2.36. The monoisotopic (exact) mass is 765 g/mol. The lowest BCUT2D eigenvalue weighted by Gasteiger charge is -2.20. The second-order valence-electron chi connectivity index (χ2n) is 17.5. The lowest BCUT2D eigenvalue weighted by Crippen LogP contribution is -2.09. The molecule has 1 aliphatic rings.